The Morgan fingerprint density at radius 2 is 1.81 bits per heavy atom. The minimum atomic E-state index is -0.992. The molecule has 26 heavy (non-hydrogen) atoms. The van der Waals surface area contributed by atoms with Crippen LogP contribution in [0.1, 0.15) is 23.7 Å². The van der Waals surface area contributed by atoms with Crippen LogP contribution in [0.25, 0.3) is 10.1 Å². The van der Waals surface area contributed by atoms with Crippen LogP contribution in [0.3, 0.4) is 0 Å². The zero-order valence-corrected chi connectivity index (χ0v) is 15.0. The molecule has 3 aromatic rings. The van der Waals surface area contributed by atoms with Gasteiger partial charge >= 0.3 is 6.09 Å². The normalized spacial score (nSPS) is 13.3. The van der Waals surface area contributed by atoms with Crippen LogP contribution in [0.4, 0.5) is 4.79 Å². The Morgan fingerprint density at radius 3 is 2.62 bits per heavy atom. The van der Waals surface area contributed by atoms with Gasteiger partial charge in [-0.25, -0.2) is 4.79 Å². The van der Waals surface area contributed by atoms with E-state index in [4.69, 9.17) is 4.74 Å². The quantitative estimate of drug-likeness (QED) is 0.593. The Hall–Kier alpha value is -2.41. The predicted molar refractivity (Wildman–Crippen MR) is 102 cm³/mol. The van der Waals surface area contributed by atoms with Gasteiger partial charge in [0.25, 0.3) is 0 Å². The van der Waals surface area contributed by atoms with Crippen molar-refractivity contribution in [3.05, 3.63) is 71.1 Å². The molecule has 0 fully saturated rings. The van der Waals surface area contributed by atoms with Gasteiger partial charge in [-0.3, -0.25) is 0 Å². The summed E-state index contributed by atoms with van der Waals surface area (Å²) in [5.41, 5.74) is 1.62. The zero-order chi connectivity index (χ0) is 18.4. The van der Waals surface area contributed by atoms with E-state index in [-0.39, 0.29) is 19.6 Å². The van der Waals surface area contributed by atoms with Gasteiger partial charge in [-0.05, 0) is 28.8 Å². The van der Waals surface area contributed by atoms with Crippen LogP contribution in [-0.4, -0.2) is 29.0 Å². The summed E-state index contributed by atoms with van der Waals surface area (Å²) in [4.78, 5) is 11.7. The number of hydrogen-bond acceptors (Lipinski definition) is 5. The highest BCUT2D eigenvalue weighted by Crippen LogP contribution is 2.32. The van der Waals surface area contributed by atoms with E-state index >= 15 is 0 Å². The van der Waals surface area contributed by atoms with Gasteiger partial charge in [-0.2, -0.15) is 0 Å². The number of nitrogens with one attached hydrogen (secondary N) is 1. The molecule has 0 aliphatic heterocycles. The number of fused-ring (bicyclic) bond motifs is 1. The first-order chi connectivity index (χ1) is 12.6. The summed E-state index contributed by atoms with van der Waals surface area (Å²) >= 11 is 1.53. The maximum Gasteiger partial charge on any atom is 0.407 e. The van der Waals surface area contributed by atoms with E-state index in [1.54, 1.807) is 0 Å². The van der Waals surface area contributed by atoms with Crippen molar-refractivity contribution in [1.82, 2.24) is 5.32 Å². The lowest BCUT2D eigenvalue weighted by atomic mass is 10.0. The summed E-state index contributed by atoms with van der Waals surface area (Å²) in [5, 5.41) is 26.0. The molecular formula is C20H21NO4S. The molecule has 0 aliphatic carbocycles. The van der Waals surface area contributed by atoms with Crippen LogP contribution >= 0.6 is 11.3 Å². The predicted octanol–water partition coefficient (Wildman–Crippen LogP) is 3.61. The van der Waals surface area contributed by atoms with Gasteiger partial charge in [0, 0.05) is 16.8 Å². The largest absolute Gasteiger partial charge is 0.445 e. The molecule has 136 valence electrons. The monoisotopic (exact) mass is 371 g/mol. The fourth-order valence-corrected chi connectivity index (χ4v) is 3.68. The van der Waals surface area contributed by atoms with Gasteiger partial charge in [-0.1, -0.05) is 48.5 Å². The molecule has 5 nitrogen and oxygen atoms in total. The number of carbonyl (C=O) groups is 1. The van der Waals surface area contributed by atoms with Crippen LogP contribution < -0.4 is 5.32 Å². The molecule has 0 saturated carbocycles. The highest BCUT2D eigenvalue weighted by atomic mass is 32.1. The lowest BCUT2D eigenvalue weighted by Gasteiger charge is -2.17. The average molecular weight is 371 g/mol. The summed E-state index contributed by atoms with van der Waals surface area (Å²) in [6, 6.07) is 17.1. The second-order valence-electron chi connectivity index (χ2n) is 5.98. The third-order valence-electron chi connectivity index (χ3n) is 4.12. The summed E-state index contributed by atoms with van der Waals surface area (Å²) in [6.07, 6.45) is -2.28. The average Bonchev–Trinajstić information content (AvgIpc) is 3.10. The van der Waals surface area contributed by atoms with Crippen molar-refractivity contribution in [2.45, 2.75) is 25.2 Å². The van der Waals surface area contributed by atoms with Crippen molar-refractivity contribution in [2.75, 3.05) is 6.54 Å². The zero-order valence-electron chi connectivity index (χ0n) is 14.2. The van der Waals surface area contributed by atoms with Crippen molar-refractivity contribution < 1.29 is 19.7 Å². The number of carbonyl (C=O) groups excluding carboxylic acids is 1. The van der Waals surface area contributed by atoms with Gasteiger partial charge in [0.1, 0.15) is 12.7 Å². The number of aliphatic hydroxyl groups is 2. The van der Waals surface area contributed by atoms with Crippen molar-refractivity contribution in [3.63, 3.8) is 0 Å². The molecule has 2 unspecified atom stereocenters. The third kappa shape index (κ3) is 4.60. The minimum Gasteiger partial charge on any atom is -0.445 e. The highest BCUT2D eigenvalue weighted by Gasteiger charge is 2.21. The lowest BCUT2D eigenvalue weighted by molar-refractivity contribution is 0.0147. The fourth-order valence-electron chi connectivity index (χ4n) is 2.69. The first kappa shape index (κ1) is 18.4. The van der Waals surface area contributed by atoms with E-state index in [9.17, 15) is 15.0 Å². The van der Waals surface area contributed by atoms with Crippen molar-refractivity contribution in [2.24, 2.45) is 0 Å². The number of alkyl carbamates (subject to hydrolysis) is 1. The smallest absolute Gasteiger partial charge is 0.407 e. The van der Waals surface area contributed by atoms with E-state index in [0.717, 1.165) is 15.6 Å². The SMILES string of the molecule is O=C(NCCC(O)C(O)c1csc2ccccc12)OCc1ccccc1. The molecule has 3 N–H and O–H groups in total. The summed E-state index contributed by atoms with van der Waals surface area (Å²) < 4.78 is 6.17. The lowest BCUT2D eigenvalue weighted by Crippen LogP contribution is -2.29. The maximum atomic E-state index is 11.7. The topological polar surface area (TPSA) is 78.8 Å². The Kier molecular flexibility index (Phi) is 6.22. The number of hydrogen-bond donors (Lipinski definition) is 3. The van der Waals surface area contributed by atoms with E-state index in [1.807, 2.05) is 60.0 Å². The van der Waals surface area contributed by atoms with Crippen LogP contribution in [0, 0.1) is 0 Å². The van der Waals surface area contributed by atoms with Crippen molar-refractivity contribution >= 4 is 27.5 Å². The van der Waals surface area contributed by atoms with Gasteiger partial charge < -0.3 is 20.3 Å². The molecular weight excluding hydrogens is 350 g/mol. The molecule has 0 spiro atoms. The van der Waals surface area contributed by atoms with E-state index in [1.165, 1.54) is 11.3 Å². The van der Waals surface area contributed by atoms with E-state index < -0.39 is 18.3 Å². The third-order valence-corrected chi connectivity index (χ3v) is 5.10. The number of aliphatic hydroxyl groups excluding tert-OH is 2. The standard InChI is InChI=1S/C20H21NO4S/c22-17(19(23)16-13-26-18-9-5-4-8-15(16)18)10-11-21-20(24)25-12-14-6-2-1-3-7-14/h1-9,13,17,19,22-23H,10-12H2,(H,21,24). The number of amides is 1. The molecule has 1 aromatic heterocycles. The number of thiophene rings is 1. The molecule has 2 atom stereocenters. The first-order valence-electron chi connectivity index (χ1n) is 8.42. The van der Waals surface area contributed by atoms with Crippen LogP contribution in [0.2, 0.25) is 0 Å². The Morgan fingerprint density at radius 1 is 1.08 bits per heavy atom. The number of ether oxygens (including phenoxy) is 1. The van der Waals surface area contributed by atoms with Crippen LogP contribution in [-0.2, 0) is 11.3 Å². The summed E-state index contributed by atoms with van der Waals surface area (Å²) in [6.45, 7) is 0.409. The molecule has 0 aliphatic rings. The summed E-state index contributed by atoms with van der Waals surface area (Å²) in [5.74, 6) is 0. The Balaban J connectivity index is 1.44. The molecule has 2 aromatic carbocycles. The molecule has 1 amide bonds. The summed E-state index contributed by atoms with van der Waals surface area (Å²) in [7, 11) is 0. The fraction of sp³-hybridized carbons (Fsp3) is 0.250. The van der Waals surface area contributed by atoms with Gasteiger partial charge in [0.2, 0.25) is 0 Å². The van der Waals surface area contributed by atoms with Crippen molar-refractivity contribution in [3.8, 4) is 0 Å². The second kappa shape index (κ2) is 8.80. The minimum absolute atomic E-state index is 0.193. The molecule has 3 rings (SSSR count). The van der Waals surface area contributed by atoms with Crippen LogP contribution in [0.5, 0.6) is 0 Å². The van der Waals surface area contributed by atoms with Gasteiger partial charge in [0.05, 0.1) is 6.10 Å². The van der Waals surface area contributed by atoms with Gasteiger partial charge in [0.15, 0.2) is 0 Å². The molecule has 6 heteroatoms. The first-order valence-corrected chi connectivity index (χ1v) is 9.30. The highest BCUT2D eigenvalue weighted by molar-refractivity contribution is 7.17. The van der Waals surface area contributed by atoms with Crippen molar-refractivity contribution in [1.29, 1.82) is 0 Å². The second-order valence-corrected chi connectivity index (χ2v) is 6.89. The molecule has 1 heterocycles. The Bertz CT molecular complexity index is 849. The number of rotatable bonds is 7. The molecule has 0 saturated heterocycles. The van der Waals surface area contributed by atoms with Gasteiger partial charge in [-0.15, -0.1) is 11.3 Å². The maximum absolute atomic E-state index is 11.7. The Labute approximate surface area is 155 Å². The molecule has 0 bridgehead atoms. The number of benzene rings is 2. The van der Waals surface area contributed by atoms with Crippen LogP contribution in [0.15, 0.2) is 60.0 Å². The molecule has 0 radical (unpaired) electrons. The van der Waals surface area contributed by atoms with E-state index in [2.05, 4.69) is 5.32 Å². The van der Waals surface area contributed by atoms with E-state index in [0.29, 0.717) is 5.56 Å².